The minimum atomic E-state index is -2.51. The Hall–Kier alpha value is 0.620. The molecule has 0 aliphatic rings. The maximum atomic E-state index is 9.16. The molecular formula is C8H24O6P2. The molecule has 0 saturated heterocycles. The molecule has 0 fully saturated rings. The number of rotatable bonds is 9. The third-order valence-corrected chi connectivity index (χ3v) is 10.3. The maximum absolute atomic E-state index is 9.16. The Morgan fingerprint density at radius 3 is 0.750 bits per heavy atom. The van der Waals surface area contributed by atoms with Gasteiger partial charge < -0.3 is 0 Å². The molecule has 0 aliphatic carbocycles. The van der Waals surface area contributed by atoms with Gasteiger partial charge in [0.25, 0.3) is 0 Å². The standard InChI is InChI=1S/C8H24O6P2/c9-3-15(4-10,5-11)1-2-16(6-12,7-13)8-14/h9-16H,1-8H2. The minimum absolute atomic E-state index is 0.229. The second kappa shape index (κ2) is 7.85. The molecule has 0 radical (unpaired) electrons. The quantitative estimate of drug-likeness (QED) is 0.276. The van der Waals surface area contributed by atoms with E-state index in [1.807, 2.05) is 0 Å². The van der Waals surface area contributed by atoms with Gasteiger partial charge in [-0.15, -0.1) is 0 Å². The van der Waals surface area contributed by atoms with E-state index in [-0.39, 0.29) is 38.1 Å². The van der Waals surface area contributed by atoms with Crippen molar-refractivity contribution in [3.8, 4) is 0 Å². The SMILES string of the molecule is OC[PH](CO)(CO)CC[PH](CO)(CO)CO. The van der Waals surface area contributed by atoms with Crippen molar-refractivity contribution in [1.82, 2.24) is 0 Å². The molecule has 6 nitrogen and oxygen atoms in total. The van der Waals surface area contributed by atoms with E-state index in [1.165, 1.54) is 0 Å². The Balaban J connectivity index is 4.48. The van der Waals surface area contributed by atoms with E-state index in [1.54, 1.807) is 0 Å². The summed E-state index contributed by atoms with van der Waals surface area (Å²) in [5, 5.41) is 55.0. The van der Waals surface area contributed by atoms with Crippen LogP contribution < -0.4 is 0 Å². The predicted molar refractivity (Wildman–Crippen MR) is 68.9 cm³/mol. The molecule has 16 heavy (non-hydrogen) atoms. The molecule has 0 rings (SSSR count). The third-order valence-electron chi connectivity index (χ3n) is 3.20. The van der Waals surface area contributed by atoms with Gasteiger partial charge in [0.1, 0.15) is 0 Å². The summed E-state index contributed by atoms with van der Waals surface area (Å²) < 4.78 is 0. The molecule has 0 amide bonds. The van der Waals surface area contributed by atoms with Gasteiger partial charge in [-0.1, -0.05) is 0 Å². The number of aliphatic hydroxyl groups is 6. The van der Waals surface area contributed by atoms with Crippen LogP contribution in [0.2, 0.25) is 0 Å². The summed E-state index contributed by atoms with van der Waals surface area (Å²) in [6.07, 6.45) is -0.562. The summed E-state index contributed by atoms with van der Waals surface area (Å²) in [6, 6.07) is 0. The van der Waals surface area contributed by atoms with Gasteiger partial charge in [-0.3, -0.25) is 0 Å². The molecule has 0 aromatic rings. The molecule has 0 atom stereocenters. The van der Waals surface area contributed by atoms with Crippen LogP contribution in [0.25, 0.3) is 0 Å². The zero-order valence-electron chi connectivity index (χ0n) is 9.34. The first-order valence-corrected chi connectivity index (χ1v) is 10.9. The van der Waals surface area contributed by atoms with Crippen LogP contribution in [0.15, 0.2) is 0 Å². The van der Waals surface area contributed by atoms with Crippen molar-refractivity contribution in [2.24, 2.45) is 0 Å². The molecular weight excluding hydrogens is 254 g/mol. The van der Waals surface area contributed by atoms with E-state index in [4.69, 9.17) is 30.6 Å². The summed E-state index contributed by atoms with van der Waals surface area (Å²) in [4.78, 5) is 0. The third kappa shape index (κ3) is 4.13. The summed E-state index contributed by atoms with van der Waals surface area (Å²) in [7, 11) is -5.02. The van der Waals surface area contributed by atoms with Crippen molar-refractivity contribution < 1.29 is 30.6 Å². The summed E-state index contributed by atoms with van der Waals surface area (Å²) in [5.74, 6) is 0. The molecule has 0 aromatic heterocycles. The normalized spacial score (nSPS) is 15.1. The van der Waals surface area contributed by atoms with Crippen molar-refractivity contribution in [3.05, 3.63) is 0 Å². The molecule has 0 spiro atoms. The average molecular weight is 278 g/mol. The van der Waals surface area contributed by atoms with Crippen LogP contribution in [0, 0.1) is 0 Å². The summed E-state index contributed by atoms with van der Waals surface area (Å²) in [5.41, 5.74) is 0. The van der Waals surface area contributed by atoms with Gasteiger partial charge in [0.15, 0.2) is 0 Å². The average Bonchev–Trinajstić information content (AvgIpc) is 2.37. The van der Waals surface area contributed by atoms with E-state index in [2.05, 4.69) is 0 Å². The van der Waals surface area contributed by atoms with Gasteiger partial charge in [-0.05, 0) is 0 Å². The van der Waals surface area contributed by atoms with Crippen molar-refractivity contribution in [2.75, 3.05) is 50.4 Å². The first kappa shape index (κ1) is 16.6. The van der Waals surface area contributed by atoms with Crippen LogP contribution in [-0.4, -0.2) is 81.1 Å². The summed E-state index contributed by atoms with van der Waals surface area (Å²) >= 11 is 0. The Morgan fingerprint density at radius 2 is 0.625 bits per heavy atom. The van der Waals surface area contributed by atoms with Crippen LogP contribution in [-0.2, 0) is 0 Å². The van der Waals surface area contributed by atoms with E-state index in [9.17, 15) is 0 Å². The van der Waals surface area contributed by atoms with Crippen LogP contribution in [0.4, 0.5) is 0 Å². The van der Waals surface area contributed by atoms with Crippen LogP contribution in [0.3, 0.4) is 0 Å². The van der Waals surface area contributed by atoms with E-state index >= 15 is 0 Å². The molecule has 0 saturated carbocycles. The van der Waals surface area contributed by atoms with Gasteiger partial charge in [-0.2, -0.15) is 0 Å². The van der Waals surface area contributed by atoms with Crippen LogP contribution >= 0.6 is 14.5 Å². The second-order valence-corrected chi connectivity index (χ2v) is 13.3. The van der Waals surface area contributed by atoms with Gasteiger partial charge in [-0.25, -0.2) is 0 Å². The molecule has 102 valence electrons. The number of hydrogen-bond acceptors (Lipinski definition) is 6. The van der Waals surface area contributed by atoms with Gasteiger partial charge in [0, 0.05) is 0 Å². The van der Waals surface area contributed by atoms with Crippen molar-refractivity contribution in [3.63, 3.8) is 0 Å². The van der Waals surface area contributed by atoms with Gasteiger partial charge >= 0.3 is 95.6 Å². The van der Waals surface area contributed by atoms with Crippen molar-refractivity contribution in [2.45, 2.75) is 0 Å². The fourth-order valence-electron chi connectivity index (χ4n) is 1.30. The zero-order valence-corrected chi connectivity index (χ0v) is 11.3. The number of hydrogen-bond donors (Lipinski definition) is 6. The van der Waals surface area contributed by atoms with Gasteiger partial charge in [0.05, 0.1) is 0 Å². The van der Waals surface area contributed by atoms with E-state index in [0.717, 1.165) is 0 Å². The Labute approximate surface area is 96.2 Å². The Morgan fingerprint density at radius 1 is 0.438 bits per heavy atom. The molecule has 0 bridgehead atoms. The molecule has 0 aromatic carbocycles. The fourth-order valence-corrected chi connectivity index (χ4v) is 7.10. The van der Waals surface area contributed by atoms with Crippen molar-refractivity contribution >= 4 is 14.5 Å². The molecule has 8 heteroatoms. The zero-order chi connectivity index (χ0) is 12.7. The topological polar surface area (TPSA) is 121 Å². The van der Waals surface area contributed by atoms with Crippen LogP contribution in [0.1, 0.15) is 0 Å². The molecule has 0 aliphatic heterocycles. The van der Waals surface area contributed by atoms with Crippen LogP contribution in [0.5, 0.6) is 0 Å². The monoisotopic (exact) mass is 278 g/mol. The molecule has 0 heterocycles. The van der Waals surface area contributed by atoms with E-state index in [0.29, 0.717) is 12.3 Å². The van der Waals surface area contributed by atoms with Crippen molar-refractivity contribution in [1.29, 1.82) is 0 Å². The first-order valence-electron chi connectivity index (χ1n) is 5.23. The van der Waals surface area contributed by atoms with E-state index < -0.39 is 14.5 Å². The first-order chi connectivity index (χ1) is 7.57. The molecule has 0 unspecified atom stereocenters. The second-order valence-electron chi connectivity index (χ2n) is 4.45. The van der Waals surface area contributed by atoms with Gasteiger partial charge in [0.2, 0.25) is 0 Å². The predicted octanol–water partition coefficient (Wildman–Crippen LogP) is -1.82. The number of aliphatic hydroxyl groups excluding tert-OH is 6. The Bertz CT molecular complexity index is 147. The fraction of sp³-hybridized carbons (Fsp3) is 1.00. The molecule has 6 N–H and O–H groups in total. The Kier molecular flexibility index (Phi) is 8.16. The summed E-state index contributed by atoms with van der Waals surface area (Å²) in [6.45, 7) is 0.